The summed E-state index contributed by atoms with van der Waals surface area (Å²) in [5.41, 5.74) is 0. The van der Waals surface area contributed by atoms with Crippen molar-refractivity contribution in [1.82, 2.24) is 9.62 Å². The summed E-state index contributed by atoms with van der Waals surface area (Å²) in [5, 5.41) is 11.0. The van der Waals surface area contributed by atoms with E-state index in [4.69, 9.17) is 9.52 Å². The number of hydrogen-bond acceptors (Lipinski definition) is 5. The molecule has 0 saturated heterocycles. The van der Waals surface area contributed by atoms with E-state index >= 15 is 0 Å². The van der Waals surface area contributed by atoms with Gasteiger partial charge in [-0.25, -0.2) is 17.5 Å². The summed E-state index contributed by atoms with van der Waals surface area (Å²) in [6.07, 6.45) is 1.49. The van der Waals surface area contributed by atoms with Gasteiger partial charge >= 0.3 is 5.97 Å². The van der Waals surface area contributed by atoms with E-state index in [1.807, 2.05) is 0 Å². The van der Waals surface area contributed by atoms with Crippen LogP contribution in [-0.4, -0.2) is 49.8 Å². The van der Waals surface area contributed by atoms with E-state index < -0.39 is 27.9 Å². The van der Waals surface area contributed by atoms with Gasteiger partial charge in [0.1, 0.15) is 6.04 Å². The molecular weight excluding hydrogens is 300 g/mol. The molecule has 116 valence electrons. The van der Waals surface area contributed by atoms with Crippen molar-refractivity contribution in [3.8, 4) is 0 Å². The number of nitrogens with one attached hydrogen (secondary N) is 1. The lowest BCUT2D eigenvalue weighted by Gasteiger charge is -2.12. The molecule has 1 aliphatic carbocycles. The molecule has 1 atom stereocenters. The molecule has 0 bridgehead atoms. The predicted octanol–water partition coefficient (Wildman–Crippen LogP) is 0.123. The Labute approximate surface area is 121 Å². The number of sulfonamides is 1. The Kier molecular flexibility index (Phi) is 4.06. The van der Waals surface area contributed by atoms with Crippen molar-refractivity contribution >= 4 is 21.9 Å². The van der Waals surface area contributed by atoms with Crippen molar-refractivity contribution in [2.45, 2.75) is 24.0 Å². The summed E-state index contributed by atoms with van der Waals surface area (Å²) in [4.78, 5) is 23.0. The molecule has 0 radical (unpaired) electrons. The van der Waals surface area contributed by atoms with Gasteiger partial charge in [-0.1, -0.05) is 0 Å². The van der Waals surface area contributed by atoms with E-state index in [1.54, 1.807) is 0 Å². The summed E-state index contributed by atoms with van der Waals surface area (Å²) < 4.78 is 29.6. The van der Waals surface area contributed by atoms with Crippen LogP contribution in [0.15, 0.2) is 21.6 Å². The molecule has 1 saturated carbocycles. The zero-order chi connectivity index (χ0) is 15.8. The van der Waals surface area contributed by atoms with Gasteiger partial charge in [0.2, 0.25) is 5.09 Å². The highest BCUT2D eigenvalue weighted by molar-refractivity contribution is 7.88. The van der Waals surface area contributed by atoms with E-state index in [0.29, 0.717) is 0 Å². The van der Waals surface area contributed by atoms with Crippen LogP contribution in [0.2, 0.25) is 0 Å². The average Bonchev–Trinajstić information content (AvgIpc) is 3.09. The van der Waals surface area contributed by atoms with Gasteiger partial charge in [0, 0.05) is 14.1 Å². The first-order chi connectivity index (χ1) is 9.73. The molecule has 1 aromatic heterocycles. The summed E-state index contributed by atoms with van der Waals surface area (Å²) in [6, 6.07) is 1.39. The summed E-state index contributed by atoms with van der Waals surface area (Å²) in [6.45, 7) is 0. The summed E-state index contributed by atoms with van der Waals surface area (Å²) in [7, 11) is -1.09. The van der Waals surface area contributed by atoms with Crippen LogP contribution in [0.25, 0.3) is 0 Å². The highest BCUT2D eigenvalue weighted by Crippen LogP contribution is 2.33. The average molecular weight is 316 g/mol. The van der Waals surface area contributed by atoms with Crippen LogP contribution in [-0.2, 0) is 14.8 Å². The van der Waals surface area contributed by atoms with Crippen LogP contribution >= 0.6 is 0 Å². The zero-order valence-electron chi connectivity index (χ0n) is 11.6. The number of furan rings is 1. The molecule has 2 rings (SSSR count). The lowest BCUT2D eigenvalue weighted by molar-refractivity contribution is -0.139. The Bertz CT molecular complexity index is 659. The minimum atomic E-state index is -3.77. The van der Waals surface area contributed by atoms with Crippen LogP contribution in [0.1, 0.15) is 23.4 Å². The van der Waals surface area contributed by atoms with Gasteiger partial charge in [-0.05, 0) is 30.9 Å². The SMILES string of the molecule is CN(C)S(=O)(=O)c1ccc(C(=O)NC(C(=O)O)C2CC2)o1. The second-order valence-corrected chi connectivity index (χ2v) is 7.12. The molecule has 0 aromatic carbocycles. The van der Waals surface area contributed by atoms with E-state index in [1.165, 1.54) is 20.2 Å². The molecule has 1 unspecified atom stereocenters. The van der Waals surface area contributed by atoms with E-state index in [0.717, 1.165) is 23.2 Å². The Balaban J connectivity index is 2.14. The fourth-order valence-electron chi connectivity index (χ4n) is 1.78. The van der Waals surface area contributed by atoms with E-state index in [2.05, 4.69) is 5.32 Å². The quantitative estimate of drug-likeness (QED) is 0.770. The maximum Gasteiger partial charge on any atom is 0.326 e. The zero-order valence-corrected chi connectivity index (χ0v) is 12.4. The summed E-state index contributed by atoms with van der Waals surface area (Å²) in [5.74, 6) is -2.17. The van der Waals surface area contributed by atoms with Gasteiger partial charge in [0.25, 0.3) is 15.9 Å². The van der Waals surface area contributed by atoms with Crippen molar-refractivity contribution in [2.75, 3.05) is 14.1 Å². The number of amides is 1. The van der Waals surface area contributed by atoms with Gasteiger partial charge in [-0.15, -0.1) is 0 Å². The summed E-state index contributed by atoms with van der Waals surface area (Å²) >= 11 is 0. The number of carbonyl (C=O) groups excluding carboxylic acids is 1. The second kappa shape index (κ2) is 5.49. The minimum Gasteiger partial charge on any atom is -0.480 e. The van der Waals surface area contributed by atoms with Crippen LogP contribution in [0.4, 0.5) is 0 Å². The maximum absolute atomic E-state index is 11.9. The molecule has 1 amide bonds. The normalized spacial score (nSPS) is 16.7. The highest BCUT2D eigenvalue weighted by atomic mass is 32.2. The van der Waals surface area contributed by atoms with Crippen molar-refractivity contribution in [1.29, 1.82) is 0 Å². The first-order valence-corrected chi connectivity index (χ1v) is 7.73. The van der Waals surface area contributed by atoms with Crippen LogP contribution in [0, 0.1) is 5.92 Å². The minimum absolute atomic E-state index is 0.0774. The lowest BCUT2D eigenvalue weighted by atomic mass is 10.2. The Morgan fingerprint density at radius 3 is 2.48 bits per heavy atom. The van der Waals surface area contributed by atoms with Crippen molar-refractivity contribution in [2.24, 2.45) is 5.92 Å². The van der Waals surface area contributed by atoms with Gasteiger partial charge in [-0.3, -0.25) is 4.79 Å². The fraction of sp³-hybridized carbons (Fsp3) is 0.500. The molecule has 21 heavy (non-hydrogen) atoms. The van der Waals surface area contributed by atoms with Crippen molar-refractivity contribution in [3.63, 3.8) is 0 Å². The van der Waals surface area contributed by atoms with Crippen LogP contribution in [0.5, 0.6) is 0 Å². The number of nitrogens with zero attached hydrogens (tertiary/aromatic N) is 1. The molecule has 0 aliphatic heterocycles. The van der Waals surface area contributed by atoms with Gasteiger partial charge < -0.3 is 14.8 Å². The number of carboxylic acids is 1. The number of carbonyl (C=O) groups is 2. The molecule has 1 aliphatic rings. The van der Waals surface area contributed by atoms with Crippen LogP contribution < -0.4 is 5.32 Å². The number of hydrogen-bond donors (Lipinski definition) is 2. The third-order valence-corrected chi connectivity index (χ3v) is 4.88. The highest BCUT2D eigenvalue weighted by Gasteiger charge is 2.38. The third-order valence-electron chi connectivity index (χ3n) is 3.19. The predicted molar refractivity (Wildman–Crippen MR) is 71.2 cm³/mol. The largest absolute Gasteiger partial charge is 0.480 e. The van der Waals surface area contributed by atoms with Crippen molar-refractivity contribution in [3.05, 3.63) is 17.9 Å². The smallest absolute Gasteiger partial charge is 0.326 e. The molecule has 1 heterocycles. The number of rotatable bonds is 6. The first-order valence-electron chi connectivity index (χ1n) is 6.29. The molecule has 1 fully saturated rings. The van der Waals surface area contributed by atoms with Gasteiger partial charge in [0.05, 0.1) is 0 Å². The lowest BCUT2D eigenvalue weighted by Crippen LogP contribution is -2.42. The second-order valence-electron chi connectivity index (χ2n) is 5.03. The molecule has 9 heteroatoms. The van der Waals surface area contributed by atoms with E-state index in [9.17, 15) is 18.0 Å². The standard InChI is InChI=1S/C12H16N2O6S/c1-14(2)21(18,19)9-6-5-8(20-9)11(15)13-10(12(16)17)7-3-4-7/h5-7,10H,3-4H2,1-2H3,(H,13,15)(H,16,17). The molecule has 1 aromatic rings. The Morgan fingerprint density at radius 1 is 1.38 bits per heavy atom. The molecule has 8 nitrogen and oxygen atoms in total. The molecule has 0 spiro atoms. The molecule has 2 N–H and O–H groups in total. The van der Waals surface area contributed by atoms with Crippen molar-refractivity contribution < 1.29 is 27.5 Å². The topological polar surface area (TPSA) is 117 Å². The Morgan fingerprint density at radius 2 is 2.00 bits per heavy atom. The fourth-order valence-corrected chi connectivity index (χ4v) is 2.58. The Hall–Kier alpha value is -1.87. The monoisotopic (exact) mass is 316 g/mol. The van der Waals surface area contributed by atoms with Crippen LogP contribution in [0.3, 0.4) is 0 Å². The molecular formula is C12H16N2O6S. The van der Waals surface area contributed by atoms with E-state index in [-0.39, 0.29) is 16.8 Å². The number of carboxylic acid groups (broad SMARTS) is 1. The first kappa shape index (κ1) is 15.5. The van der Waals surface area contributed by atoms with Gasteiger partial charge in [0.15, 0.2) is 5.76 Å². The number of aliphatic carboxylic acids is 1. The van der Waals surface area contributed by atoms with Gasteiger partial charge in [-0.2, -0.15) is 0 Å². The third kappa shape index (κ3) is 3.24. The maximum atomic E-state index is 11.9.